The van der Waals surface area contributed by atoms with Crippen LogP contribution in [0.4, 0.5) is 4.79 Å². The molecular formula is C15H25N3O2S. The third kappa shape index (κ3) is 2.92. The van der Waals surface area contributed by atoms with E-state index in [4.69, 9.17) is 4.74 Å². The van der Waals surface area contributed by atoms with Crippen LogP contribution in [0.2, 0.25) is 0 Å². The molecule has 1 aliphatic carbocycles. The van der Waals surface area contributed by atoms with Gasteiger partial charge in [-0.15, -0.1) is 11.3 Å². The summed E-state index contributed by atoms with van der Waals surface area (Å²) in [6.45, 7) is 10.2. The third-order valence-electron chi connectivity index (χ3n) is 5.01. The summed E-state index contributed by atoms with van der Waals surface area (Å²) in [5.74, 6) is 0. The molecule has 118 valence electrons. The third-order valence-corrected chi connectivity index (χ3v) is 5.80. The molecule has 0 aromatic carbocycles. The van der Waals surface area contributed by atoms with E-state index >= 15 is 0 Å². The highest BCUT2D eigenvalue weighted by atomic mass is 32.1. The lowest BCUT2D eigenvalue weighted by Gasteiger charge is -2.59. The Morgan fingerprint density at radius 3 is 2.67 bits per heavy atom. The van der Waals surface area contributed by atoms with Crippen molar-refractivity contribution < 1.29 is 9.53 Å². The van der Waals surface area contributed by atoms with Crippen molar-refractivity contribution >= 4 is 17.4 Å². The van der Waals surface area contributed by atoms with E-state index < -0.39 is 0 Å². The number of rotatable bonds is 4. The topological polar surface area (TPSA) is 63.2 Å². The zero-order valence-corrected chi connectivity index (χ0v) is 14.4. The number of methoxy groups -OCH3 is 1. The maximum atomic E-state index is 12.1. The van der Waals surface area contributed by atoms with Crippen LogP contribution in [-0.2, 0) is 4.74 Å². The lowest BCUT2D eigenvalue weighted by Crippen LogP contribution is -2.69. The van der Waals surface area contributed by atoms with Crippen LogP contribution in [0.5, 0.6) is 0 Å². The molecule has 1 fully saturated rings. The van der Waals surface area contributed by atoms with Gasteiger partial charge in [-0.1, -0.05) is 13.8 Å². The van der Waals surface area contributed by atoms with Crippen LogP contribution >= 0.6 is 11.3 Å². The molecule has 0 unspecified atom stereocenters. The van der Waals surface area contributed by atoms with Crippen LogP contribution in [0, 0.1) is 12.3 Å². The van der Waals surface area contributed by atoms with Gasteiger partial charge in [-0.25, -0.2) is 9.78 Å². The van der Waals surface area contributed by atoms with Crippen LogP contribution in [0.25, 0.3) is 0 Å². The maximum absolute atomic E-state index is 12.1. The van der Waals surface area contributed by atoms with Crippen LogP contribution in [-0.4, -0.2) is 29.8 Å². The summed E-state index contributed by atoms with van der Waals surface area (Å²) < 4.78 is 5.57. The standard InChI is InChI=1S/C15H25N3O2S/c1-9(11-8-21-10(2)17-11)16-13(19)18-12-7-15(5,20-6)14(12,3)4/h8-9,12H,7H2,1-6H3,(H2,16,18,19)/t9-,12+,15-/m1/s1. The Hall–Kier alpha value is -1.14. The molecule has 1 aliphatic rings. The Labute approximate surface area is 130 Å². The summed E-state index contributed by atoms with van der Waals surface area (Å²) >= 11 is 1.59. The van der Waals surface area contributed by atoms with Crippen LogP contribution < -0.4 is 10.6 Å². The first-order valence-electron chi connectivity index (χ1n) is 7.24. The second-order valence-electron chi connectivity index (χ2n) is 6.54. The average molecular weight is 311 g/mol. The van der Waals surface area contributed by atoms with Crippen molar-refractivity contribution in [2.45, 2.75) is 58.7 Å². The van der Waals surface area contributed by atoms with Gasteiger partial charge < -0.3 is 15.4 Å². The monoisotopic (exact) mass is 311 g/mol. The molecule has 1 aromatic rings. The van der Waals surface area contributed by atoms with Crippen molar-refractivity contribution in [1.29, 1.82) is 0 Å². The predicted molar refractivity (Wildman–Crippen MR) is 84.5 cm³/mol. The zero-order chi connectivity index (χ0) is 15.8. The molecule has 0 spiro atoms. The predicted octanol–water partition coefficient (Wildman–Crippen LogP) is 3.02. The summed E-state index contributed by atoms with van der Waals surface area (Å²) in [5.41, 5.74) is 0.643. The van der Waals surface area contributed by atoms with Gasteiger partial charge in [-0.05, 0) is 27.2 Å². The fourth-order valence-electron chi connectivity index (χ4n) is 2.77. The molecule has 2 N–H and O–H groups in total. The smallest absolute Gasteiger partial charge is 0.315 e. The first-order valence-corrected chi connectivity index (χ1v) is 8.12. The number of carbonyl (C=O) groups excluding carboxylic acids is 1. The van der Waals surface area contributed by atoms with E-state index in [1.54, 1.807) is 18.4 Å². The van der Waals surface area contributed by atoms with Gasteiger partial charge in [-0.2, -0.15) is 0 Å². The first kappa shape index (κ1) is 16.2. The molecule has 5 nitrogen and oxygen atoms in total. The number of hydrogen-bond acceptors (Lipinski definition) is 4. The summed E-state index contributed by atoms with van der Waals surface area (Å²) in [4.78, 5) is 16.5. The van der Waals surface area contributed by atoms with E-state index in [9.17, 15) is 4.79 Å². The Morgan fingerprint density at radius 1 is 1.52 bits per heavy atom. The Morgan fingerprint density at radius 2 is 2.19 bits per heavy atom. The molecule has 2 amide bonds. The van der Waals surface area contributed by atoms with E-state index in [0.717, 1.165) is 17.1 Å². The Kier molecular flexibility index (Phi) is 4.31. The molecule has 1 heterocycles. The highest BCUT2D eigenvalue weighted by Gasteiger charge is 2.58. The number of carbonyl (C=O) groups is 1. The number of ether oxygens (including phenoxy) is 1. The van der Waals surface area contributed by atoms with Gasteiger partial charge >= 0.3 is 6.03 Å². The van der Waals surface area contributed by atoms with Crippen molar-refractivity contribution in [3.8, 4) is 0 Å². The number of nitrogens with zero attached hydrogens (tertiary/aromatic N) is 1. The van der Waals surface area contributed by atoms with Gasteiger partial charge in [0.05, 0.1) is 22.3 Å². The fraction of sp³-hybridized carbons (Fsp3) is 0.733. The maximum Gasteiger partial charge on any atom is 0.315 e. The van der Waals surface area contributed by atoms with E-state index in [0.29, 0.717) is 0 Å². The van der Waals surface area contributed by atoms with Crippen molar-refractivity contribution in [2.24, 2.45) is 5.41 Å². The summed E-state index contributed by atoms with van der Waals surface area (Å²) in [7, 11) is 1.73. The van der Waals surface area contributed by atoms with Crippen LogP contribution in [0.1, 0.15) is 50.9 Å². The number of amides is 2. The molecule has 2 rings (SSSR count). The number of aryl methyl sites for hydroxylation is 1. The SMILES string of the molecule is CO[C@]1(C)C[C@H](NC(=O)N[C@H](C)c2csc(C)n2)C1(C)C. The normalized spacial score (nSPS) is 28.6. The van der Waals surface area contributed by atoms with Gasteiger partial charge in [-0.3, -0.25) is 0 Å². The van der Waals surface area contributed by atoms with E-state index in [2.05, 4.69) is 36.4 Å². The van der Waals surface area contributed by atoms with Gasteiger partial charge in [0.2, 0.25) is 0 Å². The number of aromatic nitrogens is 1. The van der Waals surface area contributed by atoms with Crippen LogP contribution in [0.3, 0.4) is 0 Å². The molecule has 0 aliphatic heterocycles. The molecular weight excluding hydrogens is 286 g/mol. The largest absolute Gasteiger partial charge is 0.378 e. The molecule has 0 radical (unpaired) electrons. The Bertz CT molecular complexity index is 529. The zero-order valence-electron chi connectivity index (χ0n) is 13.6. The lowest BCUT2D eigenvalue weighted by molar-refractivity contribution is -0.177. The number of thiazole rings is 1. The molecule has 3 atom stereocenters. The lowest BCUT2D eigenvalue weighted by atomic mass is 9.56. The van der Waals surface area contributed by atoms with Gasteiger partial charge in [0.1, 0.15) is 0 Å². The minimum absolute atomic E-state index is 0.0838. The van der Waals surface area contributed by atoms with Crippen molar-refractivity contribution in [1.82, 2.24) is 15.6 Å². The van der Waals surface area contributed by atoms with E-state index in [1.165, 1.54) is 0 Å². The molecule has 1 aromatic heterocycles. The minimum atomic E-state index is -0.178. The second kappa shape index (κ2) is 5.57. The second-order valence-corrected chi connectivity index (χ2v) is 7.61. The number of nitrogens with one attached hydrogen (secondary N) is 2. The van der Waals surface area contributed by atoms with Crippen molar-refractivity contribution in [2.75, 3.05) is 7.11 Å². The Balaban J connectivity index is 1.89. The average Bonchev–Trinajstić information content (AvgIpc) is 2.84. The van der Waals surface area contributed by atoms with Gasteiger partial charge in [0.25, 0.3) is 0 Å². The molecule has 0 saturated heterocycles. The highest BCUT2D eigenvalue weighted by molar-refractivity contribution is 7.09. The van der Waals surface area contributed by atoms with Gasteiger partial charge in [0, 0.05) is 23.9 Å². The first-order chi connectivity index (χ1) is 9.69. The van der Waals surface area contributed by atoms with E-state index in [-0.39, 0.29) is 29.1 Å². The van der Waals surface area contributed by atoms with Crippen LogP contribution in [0.15, 0.2) is 5.38 Å². The molecule has 21 heavy (non-hydrogen) atoms. The number of urea groups is 1. The van der Waals surface area contributed by atoms with E-state index in [1.807, 2.05) is 19.2 Å². The highest BCUT2D eigenvalue weighted by Crippen LogP contribution is 2.51. The fourth-order valence-corrected chi connectivity index (χ4v) is 3.48. The minimum Gasteiger partial charge on any atom is -0.378 e. The van der Waals surface area contributed by atoms with Crippen molar-refractivity contribution in [3.63, 3.8) is 0 Å². The van der Waals surface area contributed by atoms with Crippen molar-refractivity contribution in [3.05, 3.63) is 16.1 Å². The molecule has 1 saturated carbocycles. The molecule has 0 bridgehead atoms. The summed E-state index contributed by atoms with van der Waals surface area (Å²) in [6.07, 6.45) is 0.827. The van der Waals surface area contributed by atoms with Gasteiger partial charge in [0.15, 0.2) is 0 Å². The molecule has 6 heteroatoms. The summed E-state index contributed by atoms with van der Waals surface area (Å²) in [6, 6.07) is -0.122. The summed E-state index contributed by atoms with van der Waals surface area (Å²) in [5, 5.41) is 8.99. The quantitative estimate of drug-likeness (QED) is 0.898. The number of hydrogen-bond donors (Lipinski definition) is 2.